The normalized spacial score (nSPS) is 15.8. The van der Waals surface area contributed by atoms with Crippen LogP contribution in [0.2, 0.25) is 10.0 Å². The number of halogens is 2. The van der Waals surface area contributed by atoms with E-state index in [2.05, 4.69) is 5.32 Å². The van der Waals surface area contributed by atoms with Crippen molar-refractivity contribution in [2.24, 2.45) is 0 Å². The fourth-order valence-electron chi connectivity index (χ4n) is 3.91. The summed E-state index contributed by atoms with van der Waals surface area (Å²) in [7, 11) is 0. The van der Waals surface area contributed by atoms with E-state index in [0.717, 1.165) is 21.6 Å². The zero-order valence-electron chi connectivity index (χ0n) is 19.8. The molecule has 0 saturated carbocycles. The zero-order chi connectivity index (χ0) is 26.3. The van der Waals surface area contributed by atoms with Gasteiger partial charge in [-0.25, -0.2) is 9.69 Å². The first-order valence-corrected chi connectivity index (χ1v) is 12.0. The van der Waals surface area contributed by atoms with E-state index < -0.39 is 17.8 Å². The van der Waals surface area contributed by atoms with Crippen LogP contribution >= 0.6 is 23.2 Å². The van der Waals surface area contributed by atoms with Crippen LogP contribution in [0.5, 0.6) is 17.2 Å². The molecule has 188 valence electrons. The smallest absolute Gasteiger partial charge is 0.335 e. The van der Waals surface area contributed by atoms with Crippen LogP contribution in [0.3, 0.4) is 0 Å². The van der Waals surface area contributed by atoms with Crippen molar-refractivity contribution in [3.05, 3.63) is 86.4 Å². The third-order valence-electron chi connectivity index (χ3n) is 6.00. The third kappa shape index (κ3) is 4.85. The lowest BCUT2D eigenvalue weighted by atomic mass is 10.0. The maximum absolute atomic E-state index is 13.2. The van der Waals surface area contributed by atoms with Crippen molar-refractivity contribution in [1.29, 1.82) is 0 Å². The minimum atomic E-state index is -0.821. The number of carbonyl (C=O) groups excluding carboxylic acids is 3. The van der Waals surface area contributed by atoms with Crippen molar-refractivity contribution in [2.45, 2.75) is 20.5 Å². The Morgan fingerprint density at radius 2 is 1.68 bits per heavy atom. The van der Waals surface area contributed by atoms with Crippen molar-refractivity contribution in [3.63, 3.8) is 0 Å². The number of hydrogen-bond donors (Lipinski definition) is 1. The Morgan fingerprint density at radius 3 is 2.41 bits per heavy atom. The van der Waals surface area contributed by atoms with Gasteiger partial charge in [-0.1, -0.05) is 35.3 Å². The van der Waals surface area contributed by atoms with Crippen molar-refractivity contribution in [3.8, 4) is 17.2 Å². The number of hydrogen-bond acceptors (Lipinski definition) is 6. The van der Waals surface area contributed by atoms with Gasteiger partial charge in [-0.2, -0.15) is 0 Å². The Kier molecular flexibility index (Phi) is 6.54. The molecule has 2 aliphatic heterocycles. The van der Waals surface area contributed by atoms with E-state index >= 15 is 0 Å². The van der Waals surface area contributed by atoms with E-state index in [4.69, 9.17) is 37.4 Å². The zero-order valence-corrected chi connectivity index (χ0v) is 21.3. The Morgan fingerprint density at radius 1 is 0.946 bits per heavy atom. The fourth-order valence-corrected chi connectivity index (χ4v) is 4.52. The van der Waals surface area contributed by atoms with Gasteiger partial charge in [0.1, 0.15) is 12.2 Å². The van der Waals surface area contributed by atoms with Crippen LogP contribution in [0.4, 0.5) is 10.5 Å². The molecule has 2 aliphatic rings. The highest BCUT2D eigenvalue weighted by Crippen LogP contribution is 2.37. The van der Waals surface area contributed by atoms with E-state index in [-0.39, 0.29) is 34.8 Å². The molecule has 0 aromatic heterocycles. The average Bonchev–Trinajstić information content (AvgIpc) is 3.31. The number of aryl methyl sites for hydroxylation is 2. The number of rotatable bonds is 5. The summed E-state index contributed by atoms with van der Waals surface area (Å²) in [4.78, 5) is 39.1. The molecule has 2 heterocycles. The van der Waals surface area contributed by atoms with E-state index in [1.54, 1.807) is 30.3 Å². The predicted molar refractivity (Wildman–Crippen MR) is 138 cm³/mol. The summed E-state index contributed by atoms with van der Waals surface area (Å²) < 4.78 is 16.5. The molecule has 5 rings (SSSR count). The number of carbonyl (C=O) groups is 3. The highest BCUT2D eigenvalue weighted by atomic mass is 35.5. The summed E-state index contributed by atoms with van der Waals surface area (Å²) in [6.07, 6.45) is 1.33. The third-order valence-corrected chi connectivity index (χ3v) is 6.56. The number of nitrogens with one attached hydrogen (secondary N) is 1. The Labute approximate surface area is 222 Å². The van der Waals surface area contributed by atoms with Crippen LogP contribution in [-0.4, -0.2) is 24.6 Å². The van der Waals surface area contributed by atoms with E-state index in [9.17, 15) is 14.4 Å². The molecule has 0 unspecified atom stereocenters. The molecule has 0 radical (unpaired) electrons. The second-order valence-electron chi connectivity index (χ2n) is 8.52. The maximum atomic E-state index is 13.2. The van der Waals surface area contributed by atoms with E-state index in [0.29, 0.717) is 22.7 Å². The number of urea groups is 1. The van der Waals surface area contributed by atoms with Gasteiger partial charge in [0.05, 0.1) is 15.7 Å². The molecule has 8 nitrogen and oxygen atoms in total. The molecule has 4 amide bonds. The lowest BCUT2D eigenvalue weighted by molar-refractivity contribution is -0.122. The average molecular weight is 539 g/mol. The van der Waals surface area contributed by atoms with E-state index in [1.807, 2.05) is 19.9 Å². The monoisotopic (exact) mass is 538 g/mol. The number of barbiturate groups is 1. The molecular formula is C27H20Cl2N2O6. The summed E-state index contributed by atoms with van der Waals surface area (Å²) in [6.45, 7) is 4.13. The molecule has 0 spiro atoms. The number of anilines is 1. The fraction of sp³-hybridized carbons (Fsp3) is 0.148. The van der Waals surface area contributed by atoms with Gasteiger partial charge in [-0.15, -0.1) is 0 Å². The van der Waals surface area contributed by atoms with Crippen molar-refractivity contribution in [2.75, 3.05) is 11.7 Å². The summed E-state index contributed by atoms with van der Waals surface area (Å²) >= 11 is 12.9. The minimum Gasteiger partial charge on any atom is -0.486 e. The van der Waals surface area contributed by atoms with Crippen molar-refractivity contribution < 1.29 is 28.6 Å². The maximum Gasteiger partial charge on any atom is 0.335 e. The van der Waals surface area contributed by atoms with Gasteiger partial charge in [0.15, 0.2) is 17.2 Å². The van der Waals surface area contributed by atoms with Gasteiger partial charge in [0.2, 0.25) is 6.79 Å². The predicted octanol–water partition coefficient (Wildman–Crippen LogP) is 5.58. The van der Waals surface area contributed by atoms with E-state index in [1.165, 1.54) is 18.2 Å². The van der Waals surface area contributed by atoms with Crippen LogP contribution in [-0.2, 0) is 16.2 Å². The van der Waals surface area contributed by atoms with Gasteiger partial charge in [0.25, 0.3) is 11.8 Å². The largest absolute Gasteiger partial charge is 0.486 e. The molecule has 3 aromatic carbocycles. The summed E-state index contributed by atoms with van der Waals surface area (Å²) in [6, 6.07) is 12.8. The standard InChI is InChI=1S/C27H20Cl2N2O6/c1-14-3-5-18(7-15(14)2)31-26(33)19(25(32)30-27(31)34)8-17-9-20(28)24(21(29)10-17)35-12-16-4-6-22-23(11-16)37-13-36-22/h3-11H,12-13H2,1-2H3,(H,30,32,34)/b19-8+. The number of nitrogens with zero attached hydrogens (tertiary/aromatic N) is 1. The van der Waals surface area contributed by atoms with Crippen LogP contribution < -0.4 is 24.4 Å². The molecule has 0 aliphatic carbocycles. The molecule has 3 aromatic rings. The number of ether oxygens (including phenoxy) is 3. The molecule has 1 N–H and O–H groups in total. The SMILES string of the molecule is Cc1ccc(N2C(=O)NC(=O)/C(=C\c3cc(Cl)c(OCc4ccc5c(c4)OCO5)c(Cl)c3)C2=O)cc1C. The molecule has 0 atom stereocenters. The van der Waals surface area contributed by atoms with Gasteiger partial charge in [0, 0.05) is 0 Å². The first-order chi connectivity index (χ1) is 17.7. The van der Waals surface area contributed by atoms with Crippen LogP contribution in [0.1, 0.15) is 22.3 Å². The molecule has 37 heavy (non-hydrogen) atoms. The van der Waals surface area contributed by atoms with Gasteiger partial charge in [-0.3, -0.25) is 14.9 Å². The molecule has 1 saturated heterocycles. The summed E-state index contributed by atoms with van der Waals surface area (Å²) in [5.74, 6) is -0.0346. The van der Waals surface area contributed by atoms with Crippen LogP contribution in [0, 0.1) is 13.8 Å². The second-order valence-corrected chi connectivity index (χ2v) is 9.33. The quantitative estimate of drug-likeness (QED) is 0.336. The Hall–Kier alpha value is -4.01. The summed E-state index contributed by atoms with van der Waals surface area (Å²) in [5.41, 5.74) is 3.23. The first-order valence-electron chi connectivity index (χ1n) is 11.2. The van der Waals surface area contributed by atoms with Gasteiger partial charge >= 0.3 is 6.03 Å². The highest BCUT2D eigenvalue weighted by Gasteiger charge is 2.37. The van der Waals surface area contributed by atoms with Gasteiger partial charge in [-0.05, 0) is 78.6 Å². The van der Waals surface area contributed by atoms with Crippen LogP contribution in [0.15, 0.2) is 54.1 Å². The number of imide groups is 2. The summed E-state index contributed by atoms with van der Waals surface area (Å²) in [5, 5.41) is 2.58. The number of amides is 4. The minimum absolute atomic E-state index is 0.171. The highest BCUT2D eigenvalue weighted by molar-refractivity contribution is 6.40. The Bertz CT molecular complexity index is 1480. The lowest BCUT2D eigenvalue weighted by Crippen LogP contribution is -2.54. The number of benzene rings is 3. The molecule has 0 bridgehead atoms. The molecule has 10 heteroatoms. The van der Waals surface area contributed by atoms with Crippen molar-refractivity contribution in [1.82, 2.24) is 5.32 Å². The first kappa shape index (κ1) is 24.7. The van der Waals surface area contributed by atoms with Crippen LogP contribution in [0.25, 0.3) is 6.08 Å². The number of fused-ring (bicyclic) bond motifs is 1. The second kappa shape index (κ2) is 9.80. The van der Waals surface area contributed by atoms with Gasteiger partial charge < -0.3 is 14.2 Å². The molecular weight excluding hydrogens is 519 g/mol. The topological polar surface area (TPSA) is 94.2 Å². The van der Waals surface area contributed by atoms with Crippen molar-refractivity contribution >= 4 is 52.8 Å². The molecule has 1 fully saturated rings. The lowest BCUT2D eigenvalue weighted by Gasteiger charge is -2.27. The Balaban J connectivity index is 1.39.